The van der Waals surface area contributed by atoms with Crippen molar-refractivity contribution in [2.24, 2.45) is 0 Å². The Balaban J connectivity index is 1.78. The van der Waals surface area contributed by atoms with Crippen LogP contribution in [0.15, 0.2) is 77.7 Å². The molecule has 0 aromatic heterocycles. The molecule has 0 aliphatic rings. The second-order valence-electron chi connectivity index (χ2n) is 6.31. The number of methoxy groups -OCH3 is 1. The first-order valence-corrected chi connectivity index (χ1v) is 10.4. The number of hydrogen-bond donors (Lipinski definition) is 0. The van der Waals surface area contributed by atoms with Gasteiger partial charge < -0.3 is 9.47 Å². The van der Waals surface area contributed by atoms with Gasteiger partial charge in [-0.25, -0.2) is 13.2 Å². The van der Waals surface area contributed by atoms with Crippen LogP contribution in [0.5, 0.6) is 11.5 Å². The zero-order chi connectivity index (χ0) is 22.6. The van der Waals surface area contributed by atoms with Gasteiger partial charge in [0.25, 0.3) is 15.7 Å². The summed E-state index contributed by atoms with van der Waals surface area (Å²) in [7, 11) is -1.05. The van der Waals surface area contributed by atoms with Crippen LogP contribution in [0, 0.1) is 10.1 Å². The summed E-state index contributed by atoms with van der Waals surface area (Å²) in [6.45, 7) is 0. The predicted molar refractivity (Wildman–Crippen MR) is 113 cm³/mol. The lowest BCUT2D eigenvalue weighted by Gasteiger charge is -2.21. The Morgan fingerprint density at radius 3 is 2.16 bits per heavy atom. The molecule has 0 atom stereocenters. The maximum absolute atomic E-state index is 13.0. The van der Waals surface area contributed by atoms with Gasteiger partial charge in [-0.15, -0.1) is 0 Å². The average Bonchev–Trinajstić information content (AvgIpc) is 2.78. The third-order valence-corrected chi connectivity index (χ3v) is 6.22. The van der Waals surface area contributed by atoms with Gasteiger partial charge in [-0.1, -0.05) is 12.1 Å². The highest BCUT2D eigenvalue weighted by molar-refractivity contribution is 7.92. The molecule has 0 aliphatic carbocycles. The molecule has 0 fully saturated rings. The van der Waals surface area contributed by atoms with Crippen LogP contribution in [0.25, 0.3) is 0 Å². The van der Waals surface area contributed by atoms with E-state index >= 15 is 0 Å². The monoisotopic (exact) mass is 442 g/mol. The number of carbonyl (C=O) groups is 1. The number of rotatable bonds is 7. The summed E-state index contributed by atoms with van der Waals surface area (Å²) in [6.07, 6.45) is 0. The number of benzene rings is 3. The molecule has 0 bridgehead atoms. The average molecular weight is 442 g/mol. The topological polar surface area (TPSA) is 116 Å². The first-order valence-electron chi connectivity index (χ1n) is 8.92. The van der Waals surface area contributed by atoms with E-state index in [1.807, 2.05) is 0 Å². The van der Waals surface area contributed by atoms with Crippen molar-refractivity contribution in [1.29, 1.82) is 0 Å². The van der Waals surface area contributed by atoms with Crippen LogP contribution in [-0.4, -0.2) is 33.5 Å². The number of anilines is 1. The summed E-state index contributed by atoms with van der Waals surface area (Å²) in [5.41, 5.74) is 0.359. The summed E-state index contributed by atoms with van der Waals surface area (Å²) < 4.78 is 37.4. The van der Waals surface area contributed by atoms with Gasteiger partial charge in [0.05, 0.1) is 28.2 Å². The number of nitro groups is 1. The lowest BCUT2D eigenvalue weighted by atomic mass is 10.2. The molecule has 0 N–H and O–H groups in total. The van der Waals surface area contributed by atoms with E-state index in [1.54, 1.807) is 24.3 Å². The molecular weight excluding hydrogens is 424 g/mol. The van der Waals surface area contributed by atoms with Crippen molar-refractivity contribution in [2.45, 2.75) is 4.90 Å². The number of esters is 1. The van der Waals surface area contributed by atoms with Gasteiger partial charge in [0.15, 0.2) is 0 Å². The Labute approximate surface area is 178 Å². The molecule has 3 aromatic carbocycles. The first-order chi connectivity index (χ1) is 14.7. The highest BCUT2D eigenvalue weighted by atomic mass is 32.2. The van der Waals surface area contributed by atoms with Crippen molar-refractivity contribution in [2.75, 3.05) is 18.5 Å². The van der Waals surface area contributed by atoms with E-state index in [-0.39, 0.29) is 21.9 Å². The van der Waals surface area contributed by atoms with E-state index < -0.39 is 20.9 Å². The number of sulfonamides is 1. The van der Waals surface area contributed by atoms with E-state index in [4.69, 9.17) is 9.47 Å². The largest absolute Gasteiger partial charge is 0.495 e. The van der Waals surface area contributed by atoms with Crippen molar-refractivity contribution in [3.63, 3.8) is 0 Å². The maximum atomic E-state index is 13.0. The zero-order valence-electron chi connectivity index (χ0n) is 16.6. The van der Waals surface area contributed by atoms with Gasteiger partial charge in [0.2, 0.25) is 0 Å². The zero-order valence-corrected chi connectivity index (χ0v) is 17.4. The number of non-ortho nitro benzene ring substituents is 1. The number of ether oxygens (including phenoxy) is 2. The molecule has 3 aromatic rings. The molecule has 3 rings (SSSR count). The fourth-order valence-corrected chi connectivity index (χ4v) is 3.95. The predicted octanol–water partition coefficient (Wildman–Crippen LogP) is 3.65. The lowest BCUT2D eigenvalue weighted by Crippen LogP contribution is -2.27. The first kappa shape index (κ1) is 21.8. The summed E-state index contributed by atoms with van der Waals surface area (Å²) in [6, 6.07) is 17.0. The third-order valence-electron chi connectivity index (χ3n) is 4.43. The highest BCUT2D eigenvalue weighted by Gasteiger charge is 2.24. The van der Waals surface area contributed by atoms with Crippen molar-refractivity contribution in [1.82, 2.24) is 0 Å². The maximum Gasteiger partial charge on any atom is 0.343 e. The van der Waals surface area contributed by atoms with Crippen LogP contribution in [0.2, 0.25) is 0 Å². The highest BCUT2D eigenvalue weighted by Crippen LogP contribution is 2.31. The summed E-state index contributed by atoms with van der Waals surface area (Å²) in [4.78, 5) is 22.4. The fourth-order valence-electron chi connectivity index (χ4n) is 2.74. The van der Waals surface area contributed by atoms with Gasteiger partial charge in [0, 0.05) is 19.2 Å². The van der Waals surface area contributed by atoms with E-state index in [2.05, 4.69) is 0 Å². The van der Waals surface area contributed by atoms with Gasteiger partial charge in [-0.3, -0.25) is 14.4 Å². The Hall–Kier alpha value is -3.92. The van der Waals surface area contributed by atoms with Crippen molar-refractivity contribution < 1.29 is 27.6 Å². The number of nitrogens with zero attached hydrogens (tertiary/aromatic N) is 2. The third kappa shape index (κ3) is 4.64. The van der Waals surface area contributed by atoms with Crippen LogP contribution in [0.3, 0.4) is 0 Å². The lowest BCUT2D eigenvalue weighted by molar-refractivity contribution is -0.384. The van der Waals surface area contributed by atoms with Crippen LogP contribution >= 0.6 is 0 Å². The van der Waals surface area contributed by atoms with Crippen molar-refractivity contribution in [3.8, 4) is 11.5 Å². The smallest absolute Gasteiger partial charge is 0.343 e. The second kappa shape index (κ2) is 8.84. The Morgan fingerprint density at radius 2 is 1.58 bits per heavy atom. The van der Waals surface area contributed by atoms with Gasteiger partial charge >= 0.3 is 5.97 Å². The van der Waals surface area contributed by atoms with E-state index in [0.29, 0.717) is 11.4 Å². The molecule has 0 amide bonds. The fraction of sp³-hybridized carbons (Fsp3) is 0.0952. The molecule has 0 unspecified atom stereocenters. The molecule has 0 saturated carbocycles. The number of hydrogen-bond acceptors (Lipinski definition) is 7. The molecule has 0 spiro atoms. The molecule has 0 radical (unpaired) electrons. The summed E-state index contributed by atoms with van der Waals surface area (Å²) >= 11 is 0. The Morgan fingerprint density at radius 1 is 0.968 bits per heavy atom. The molecule has 0 saturated heterocycles. The van der Waals surface area contributed by atoms with E-state index in [0.717, 1.165) is 4.31 Å². The van der Waals surface area contributed by atoms with Crippen LogP contribution in [0.1, 0.15) is 10.4 Å². The van der Waals surface area contributed by atoms with Gasteiger partial charge in [-0.05, 0) is 48.5 Å². The SMILES string of the molecule is COc1ccccc1N(C)S(=O)(=O)c1ccc(C(=O)Oc2ccc([N+](=O)[O-])cc2)cc1. The number of carbonyl (C=O) groups excluding carboxylic acids is 1. The van der Waals surface area contributed by atoms with E-state index in [9.17, 15) is 23.3 Å². The van der Waals surface area contributed by atoms with Crippen molar-refractivity contribution in [3.05, 3.63) is 88.5 Å². The minimum atomic E-state index is -3.90. The molecule has 31 heavy (non-hydrogen) atoms. The molecule has 9 nitrogen and oxygen atoms in total. The van der Waals surface area contributed by atoms with Crippen LogP contribution in [-0.2, 0) is 10.0 Å². The Bertz CT molecular complexity index is 1210. The van der Waals surface area contributed by atoms with Crippen LogP contribution < -0.4 is 13.8 Å². The quantitative estimate of drug-likeness (QED) is 0.237. The minimum absolute atomic E-state index is 0.0206. The summed E-state index contributed by atoms with van der Waals surface area (Å²) in [5, 5.41) is 10.7. The number of nitro benzene ring substituents is 1. The van der Waals surface area contributed by atoms with Crippen LogP contribution in [0.4, 0.5) is 11.4 Å². The standard InChI is InChI=1S/C21H18N2O7S/c1-22(19-5-3-4-6-20(19)29-2)31(27,28)18-13-7-15(8-14-18)21(24)30-17-11-9-16(10-12-17)23(25)26/h3-14H,1-2H3. The van der Waals surface area contributed by atoms with Gasteiger partial charge in [-0.2, -0.15) is 0 Å². The molecular formula is C21H18N2O7S. The molecule has 10 heteroatoms. The Kier molecular flexibility index (Phi) is 6.21. The minimum Gasteiger partial charge on any atom is -0.495 e. The summed E-state index contributed by atoms with van der Waals surface area (Å²) in [5.74, 6) is -0.198. The number of para-hydroxylation sites is 2. The van der Waals surface area contributed by atoms with Crippen molar-refractivity contribution >= 4 is 27.4 Å². The molecule has 0 aliphatic heterocycles. The molecule has 160 valence electrons. The van der Waals surface area contributed by atoms with Gasteiger partial charge in [0.1, 0.15) is 11.5 Å². The second-order valence-corrected chi connectivity index (χ2v) is 8.28. The van der Waals surface area contributed by atoms with E-state index in [1.165, 1.54) is 62.7 Å². The normalized spacial score (nSPS) is 10.9. The molecule has 0 heterocycles.